The van der Waals surface area contributed by atoms with Gasteiger partial charge in [0, 0.05) is 12.5 Å². The number of hydrogen-bond acceptors (Lipinski definition) is 6. The number of rotatable bonds is 9. The molecule has 1 atom stereocenters. The number of carbonyl (C=O) groups is 1. The minimum absolute atomic E-state index is 0.0323. The second-order valence-corrected chi connectivity index (χ2v) is 11.2. The fourth-order valence-corrected chi connectivity index (χ4v) is 6.86. The predicted octanol–water partition coefficient (Wildman–Crippen LogP) is 4.40. The molecular weight excluding hydrogens is 456 g/mol. The fraction of sp³-hybridized carbons (Fsp3) is 0.583. The van der Waals surface area contributed by atoms with Crippen LogP contribution in [-0.2, 0) is 15.8 Å². The Labute approximate surface area is 202 Å². The molecule has 4 rings (SSSR count). The van der Waals surface area contributed by atoms with Crippen molar-refractivity contribution in [3.63, 3.8) is 0 Å². The summed E-state index contributed by atoms with van der Waals surface area (Å²) in [4.78, 5) is 18.6. The summed E-state index contributed by atoms with van der Waals surface area (Å²) in [6.07, 6.45) is 8.50. The van der Waals surface area contributed by atoms with E-state index in [2.05, 4.69) is 20.3 Å². The van der Waals surface area contributed by atoms with Crippen molar-refractivity contribution in [3.05, 3.63) is 23.9 Å². The summed E-state index contributed by atoms with van der Waals surface area (Å²) in [6.45, 7) is 3.80. The number of methoxy groups -OCH3 is 1. The summed E-state index contributed by atoms with van der Waals surface area (Å²) >= 11 is 1.46. The molecule has 1 aliphatic heterocycles. The van der Waals surface area contributed by atoms with Crippen LogP contribution < -0.4 is 20.1 Å². The quantitative estimate of drug-likeness (QED) is 0.485. The van der Waals surface area contributed by atoms with Gasteiger partial charge >= 0.3 is 0 Å². The first kappa shape index (κ1) is 24.3. The zero-order valence-corrected chi connectivity index (χ0v) is 21.1. The summed E-state index contributed by atoms with van der Waals surface area (Å²) in [7, 11) is 0.217. The van der Waals surface area contributed by atoms with Crippen molar-refractivity contribution in [3.8, 4) is 16.2 Å². The van der Waals surface area contributed by atoms with Crippen LogP contribution >= 0.6 is 11.3 Å². The maximum atomic E-state index is 13.1. The molecule has 180 valence electrons. The molecule has 1 aromatic carbocycles. The lowest BCUT2D eigenvalue weighted by molar-refractivity contribution is -0.116. The van der Waals surface area contributed by atoms with Crippen LogP contribution in [0.5, 0.6) is 5.75 Å². The number of piperidine rings is 1. The van der Waals surface area contributed by atoms with Crippen LogP contribution in [0.4, 0.5) is 5.13 Å². The van der Waals surface area contributed by atoms with Crippen LogP contribution in [0.3, 0.4) is 0 Å². The Morgan fingerprint density at radius 1 is 1.24 bits per heavy atom. The number of nitrogens with zero attached hydrogens (tertiary/aromatic N) is 1. The van der Waals surface area contributed by atoms with Gasteiger partial charge in [-0.05, 0) is 69.0 Å². The van der Waals surface area contributed by atoms with E-state index in [0.29, 0.717) is 28.1 Å². The third-order valence-electron chi connectivity index (χ3n) is 6.54. The van der Waals surface area contributed by atoms with Crippen molar-refractivity contribution in [1.82, 2.24) is 15.0 Å². The molecule has 0 bridgehead atoms. The minimum atomic E-state index is -1.38. The third-order valence-corrected chi connectivity index (χ3v) is 8.92. The monoisotopic (exact) mass is 490 g/mol. The van der Waals surface area contributed by atoms with E-state index in [-0.39, 0.29) is 11.9 Å². The lowest BCUT2D eigenvalue weighted by Crippen LogP contribution is -2.40. The van der Waals surface area contributed by atoms with E-state index in [9.17, 15) is 9.00 Å². The Kier molecular flexibility index (Phi) is 8.51. The molecular formula is C24H34N4O3S2. The van der Waals surface area contributed by atoms with Gasteiger partial charge in [-0.2, -0.15) is 0 Å². The number of anilines is 1. The number of carbonyl (C=O) groups excluding carboxylic acids is 1. The van der Waals surface area contributed by atoms with Gasteiger partial charge in [-0.3, -0.25) is 4.79 Å². The Bertz CT molecular complexity index is 982. The SMILES string of the molecule is COc1ccc(-c2sc(NC(=O)CCC3CCCC3)nc2C)cc1S(=O)NC1CCNCC1. The van der Waals surface area contributed by atoms with E-state index in [0.717, 1.165) is 48.5 Å². The van der Waals surface area contributed by atoms with Crippen LogP contribution in [-0.4, -0.2) is 41.3 Å². The minimum Gasteiger partial charge on any atom is -0.495 e. The molecule has 1 aliphatic carbocycles. The molecule has 33 heavy (non-hydrogen) atoms. The normalized spacial score (nSPS) is 18.4. The molecule has 1 saturated heterocycles. The number of thiazole rings is 1. The van der Waals surface area contributed by atoms with Crippen molar-refractivity contribution >= 4 is 33.4 Å². The molecule has 1 aromatic heterocycles. The number of ether oxygens (including phenoxy) is 1. The number of aromatic nitrogens is 1. The van der Waals surface area contributed by atoms with E-state index in [1.165, 1.54) is 37.0 Å². The average molecular weight is 491 g/mol. The second-order valence-electron chi connectivity index (χ2n) is 8.95. The molecule has 9 heteroatoms. The van der Waals surface area contributed by atoms with Crippen molar-refractivity contribution < 1.29 is 13.7 Å². The van der Waals surface area contributed by atoms with Crippen LogP contribution in [0.2, 0.25) is 0 Å². The average Bonchev–Trinajstić information content (AvgIpc) is 3.47. The molecule has 0 radical (unpaired) electrons. The van der Waals surface area contributed by atoms with Gasteiger partial charge in [-0.25, -0.2) is 13.9 Å². The molecule has 3 N–H and O–H groups in total. The molecule has 1 saturated carbocycles. The summed E-state index contributed by atoms with van der Waals surface area (Å²) in [5, 5.41) is 6.92. The Morgan fingerprint density at radius 3 is 2.73 bits per heavy atom. The topological polar surface area (TPSA) is 92.3 Å². The van der Waals surface area contributed by atoms with Crippen molar-refractivity contribution in [2.24, 2.45) is 5.92 Å². The lowest BCUT2D eigenvalue weighted by atomic mass is 10.0. The van der Waals surface area contributed by atoms with Gasteiger partial charge in [0.15, 0.2) is 5.13 Å². The molecule has 1 amide bonds. The van der Waals surface area contributed by atoms with Gasteiger partial charge in [-0.15, -0.1) is 0 Å². The van der Waals surface area contributed by atoms with E-state index in [4.69, 9.17) is 4.74 Å². The molecule has 7 nitrogen and oxygen atoms in total. The molecule has 2 aliphatic rings. The molecule has 2 aromatic rings. The number of benzene rings is 1. The first-order valence-corrected chi connectivity index (χ1v) is 13.8. The Hall–Kier alpha value is -1.81. The summed E-state index contributed by atoms with van der Waals surface area (Å²) < 4.78 is 21.9. The van der Waals surface area contributed by atoms with Gasteiger partial charge in [0.05, 0.1) is 22.6 Å². The first-order chi connectivity index (χ1) is 16.0. The zero-order valence-electron chi connectivity index (χ0n) is 19.4. The first-order valence-electron chi connectivity index (χ1n) is 11.9. The number of nitrogens with one attached hydrogen (secondary N) is 3. The van der Waals surface area contributed by atoms with Crippen molar-refractivity contribution in [1.29, 1.82) is 0 Å². The van der Waals surface area contributed by atoms with Crippen LogP contribution in [0.1, 0.15) is 57.1 Å². The van der Waals surface area contributed by atoms with E-state index < -0.39 is 11.0 Å². The third kappa shape index (κ3) is 6.41. The molecule has 2 heterocycles. The number of aryl methyl sites for hydroxylation is 1. The van der Waals surface area contributed by atoms with E-state index >= 15 is 0 Å². The summed E-state index contributed by atoms with van der Waals surface area (Å²) in [5.74, 6) is 1.33. The smallest absolute Gasteiger partial charge is 0.226 e. The second kappa shape index (κ2) is 11.6. The number of hydrogen-bond donors (Lipinski definition) is 3. The highest BCUT2D eigenvalue weighted by Gasteiger charge is 2.21. The molecule has 2 fully saturated rings. The van der Waals surface area contributed by atoms with E-state index in [1.54, 1.807) is 7.11 Å². The van der Waals surface area contributed by atoms with Gasteiger partial charge in [0.25, 0.3) is 0 Å². The van der Waals surface area contributed by atoms with Gasteiger partial charge in [0.1, 0.15) is 16.7 Å². The Balaban J connectivity index is 1.45. The largest absolute Gasteiger partial charge is 0.495 e. The maximum Gasteiger partial charge on any atom is 0.226 e. The maximum absolute atomic E-state index is 13.1. The molecule has 0 spiro atoms. The lowest BCUT2D eigenvalue weighted by Gasteiger charge is -2.23. The highest BCUT2D eigenvalue weighted by molar-refractivity contribution is 7.83. The summed E-state index contributed by atoms with van der Waals surface area (Å²) in [5.41, 5.74) is 1.77. The molecule has 1 unspecified atom stereocenters. The highest BCUT2D eigenvalue weighted by Crippen LogP contribution is 2.36. The highest BCUT2D eigenvalue weighted by atomic mass is 32.2. The number of amides is 1. The van der Waals surface area contributed by atoms with Crippen molar-refractivity contribution in [2.75, 3.05) is 25.5 Å². The van der Waals surface area contributed by atoms with Gasteiger partial charge in [0.2, 0.25) is 5.91 Å². The predicted molar refractivity (Wildman–Crippen MR) is 134 cm³/mol. The summed E-state index contributed by atoms with van der Waals surface area (Å²) in [6, 6.07) is 5.94. The van der Waals surface area contributed by atoms with Gasteiger partial charge < -0.3 is 15.4 Å². The van der Waals surface area contributed by atoms with Gasteiger partial charge in [-0.1, -0.05) is 37.0 Å². The van der Waals surface area contributed by atoms with Crippen molar-refractivity contribution in [2.45, 2.75) is 69.2 Å². The van der Waals surface area contributed by atoms with E-state index in [1.807, 2.05) is 25.1 Å². The fourth-order valence-electron chi connectivity index (χ4n) is 4.65. The van der Waals surface area contributed by atoms with Crippen LogP contribution in [0.15, 0.2) is 23.1 Å². The Morgan fingerprint density at radius 2 is 2.00 bits per heavy atom. The zero-order chi connectivity index (χ0) is 23.2. The van der Waals surface area contributed by atoms with Crippen LogP contribution in [0, 0.1) is 12.8 Å². The standard InChI is InChI=1S/C24H34N4O3S2/c1-16-23(32-24(26-16)27-22(29)10-7-17-5-3-4-6-17)18-8-9-20(31-2)21(15-18)33(30)28-19-11-13-25-14-12-19/h8-9,15,17,19,25,28H,3-7,10-14H2,1-2H3,(H,26,27,29). The van der Waals surface area contributed by atoms with Crippen LogP contribution in [0.25, 0.3) is 10.4 Å².